The van der Waals surface area contributed by atoms with Crippen LogP contribution in [0.4, 0.5) is 4.79 Å². The Morgan fingerprint density at radius 3 is 2.63 bits per heavy atom. The van der Waals surface area contributed by atoms with Crippen molar-refractivity contribution in [3.63, 3.8) is 0 Å². The Morgan fingerprint density at radius 1 is 1.32 bits per heavy atom. The molecule has 7 heteroatoms. The van der Waals surface area contributed by atoms with Crippen LogP contribution in [0.1, 0.15) is 5.56 Å². The molecule has 0 bridgehead atoms. The van der Waals surface area contributed by atoms with Crippen LogP contribution in [0.2, 0.25) is 0 Å². The molecule has 0 aliphatic carbocycles. The number of hydroxylamine groups is 1. The van der Waals surface area contributed by atoms with Gasteiger partial charge in [0.2, 0.25) is 5.91 Å². The topological polar surface area (TPSA) is 93.7 Å². The molecule has 1 aromatic carbocycles. The minimum absolute atomic E-state index is 0.0636. The predicted octanol–water partition coefficient (Wildman–Crippen LogP) is 0.117. The SMILES string of the molecule is O=C(NOC(=O)C1CNC1=O)OCc1ccccc1. The van der Waals surface area contributed by atoms with E-state index in [0.717, 1.165) is 5.56 Å². The highest BCUT2D eigenvalue weighted by molar-refractivity contribution is 6.02. The summed E-state index contributed by atoms with van der Waals surface area (Å²) in [5, 5.41) is 2.39. The molecule has 0 aromatic heterocycles. The van der Waals surface area contributed by atoms with Gasteiger partial charge in [-0.25, -0.2) is 9.59 Å². The molecular weight excluding hydrogens is 252 g/mol. The second kappa shape index (κ2) is 5.85. The van der Waals surface area contributed by atoms with Crippen molar-refractivity contribution < 1.29 is 24.0 Å². The summed E-state index contributed by atoms with van der Waals surface area (Å²) in [6.45, 7) is 0.284. The van der Waals surface area contributed by atoms with Gasteiger partial charge in [0, 0.05) is 6.54 Å². The number of amides is 2. The van der Waals surface area contributed by atoms with Crippen LogP contribution in [0.15, 0.2) is 30.3 Å². The van der Waals surface area contributed by atoms with E-state index in [9.17, 15) is 14.4 Å². The molecule has 0 saturated carbocycles. The molecule has 1 aliphatic heterocycles. The summed E-state index contributed by atoms with van der Waals surface area (Å²) in [5.41, 5.74) is 2.64. The maximum absolute atomic E-state index is 11.3. The smallest absolute Gasteiger partial charge is 0.441 e. The lowest BCUT2D eigenvalue weighted by atomic mass is 10.0. The number of hydrogen-bond acceptors (Lipinski definition) is 5. The summed E-state index contributed by atoms with van der Waals surface area (Å²) >= 11 is 0. The van der Waals surface area contributed by atoms with Gasteiger partial charge in [-0.3, -0.25) is 4.79 Å². The molecule has 1 atom stereocenters. The Balaban J connectivity index is 1.67. The van der Waals surface area contributed by atoms with E-state index in [-0.39, 0.29) is 13.2 Å². The molecule has 0 radical (unpaired) electrons. The highest BCUT2D eigenvalue weighted by Crippen LogP contribution is 2.06. The zero-order chi connectivity index (χ0) is 13.7. The number of rotatable bonds is 3. The number of benzene rings is 1. The second-order valence-electron chi connectivity index (χ2n) is 3.88. The third-order valence-corrected chi connectivity index (χ3v) is 2.53. The third-order valence-electron chi connectivity index (χ3n) is 2.53. The molecule has 7 nitrogen and oxygen atoms in total. The average molecular weight is 264 g/mol. The highest BCUT2D eigenvalue weighted by Gasteiger charge is 2.36. The van der Waals surface area contributed by atoms with Crippen molar-refractivity contribution in [1.29, 1.82) is 0 Å². The number of β-lactam (4-membered cyclic amide) rings is 1. The van der Waals surface area contributed by atoms with Crippen LogP contribution >= 0.6 is 0 Å². The fourth-order valence-electron chi connectivity index (χ4n) is 1.39. The van der Waals surface area contributed by atoms with E-state index in [0.29, 0.717) is 0 Å². The van der Waals surface area contributed by atoms with Crippen molar-refractivity contribution in [2.75, 3.05) is 6.54 Å². The van der Waals surface area contributed by atoms with Gasteiger partial charge in [0.05, 0.1) is 0 Å². The Kier molecular flexibility index (Phi) is 3.97. The number of carbonyl (C=O) groups excluding carboxylic acids is 3. The average Bonchev–Trinajstić information content (AvgIpc) is 2.42. The van der Waals surface area contributed by atoms with Crippen molar-refractivity contribution >= 4 is 18.0 Å². The molecule has 1 unspecified atom stereocenters. The van der Waals surface area contributed by atoms with Crippen molar-refractivity contribution in [3.05, 3.63) is 35.9 Å². The van der Waals surface area contributed by atoms with Gasteiger partial charge in [-0.1, -0.05) is 30.3 Å². The summed E-state index contributed by atoms with van der Waals surface area (Å²) in [4.78, 5) is 37.8. The Hall–Kier alpha value is -2.57. The first-order chi connectivity index (χ1) is 9.16. The Bertz CT molecular complexity index is 488. The van der Waals surface area contributed by atoms with Crippen molar-refractivity contribution in [3.8, 4) is 0 Å². The second-order valence-corrected chi connectivity index (χ2v) is 3.88. The summed E-state index contributed by atoms with van der Waals surface area (Å²) in [6.07, 6.45) is -0.892. The summed E-state index contributed by atoms with van der Waals surface area (Å²) in [5.74, 6) is -2.07. The van der Waals surface area contributed by atoms with E-state index in [4.69, 9.17) is 4.74 Å². The molecule has 2 rings (SSSR count). The Labute approximate surface area is 108 Å². The maximum Gasteiger partial charge on any atom is 0.441 e. The summed E-state index contributed by atoms with van der Waals surface area (Å²) < 4.78 is 4.81. The van der Waals surface area contributed by atoms with Crippen LogP contribution in [-0.4, -0.2) is 24.5 Å². The molecule has 1 aromatic rings. The van der Waals surface area contributed by atoms with Gasteiger partial charge >= 0.3 is 12.1 Å². The Morgan fingerprint density at radius 2 is 2.05 bits per heavy atom. The van der Waals surface area contributed by atoms with Crippen molar-refractivity contribution in [1.82, 2.24) is 10.8 Å². The summed E-state index contributed by atoms with van der Waals surface area (Å²) in [6, 6.07) is 9.04. The number of hydrogen-bond donors (Lipinski definition) is 2. The quantitative estimate of drug-likeness (QED) is 0.459. The third kappa shape index (κ3) is 3.44. The summed E-state index contributed by atoms with van der Waals surface area (Å²) in [7, 11) is 0. The standard InChI is InChI=1S/C12H12N2O5/c15-10-9(6-13-10)11(16)19-14-12(17)18-7-8-4-2-1-3-5-8/h1-5,9H,6-7H2,(H,13,15)(H,14,17). The zero-order valence-corrected chi connectivity index (χ0v) is 9.92. The molecule has 19 heavy (non-hydrogen) atoms. The predicted molar refractivity (Wildman–Crippen MR) is 62.4 cm³/mol. The van der Waals surface area contributed by atoms with Gasteiger partial charge in [-0.15, -0.1) is 5.48 Å². The highest BCUT2D eigenvalue weighted by atomic mass is 16.7. The van der Waals surface area contributed by atoms with E-state index in [1.807, 2.05) is 23.7 Å². The largest absolute Gasteiger partial charge is 0.443 e. The van der Waals surface area contributed by atoms with Crippen molar-refractivity contribution in [2.45, 2.75) is 6.61 Å². The van der Waals surface area contributed by atoms with Crippen LogP contribution in [0, 0.1) is 5.92 Å². The van der Waals surface area contributed by atoms with Crippen LogP contribution in [0.5, 0.6) is 0 Å². The van der Waals surface area contributed by atoms with Crippen LogP contribution in [0.3, 0.4) is 0 Å². The lowest BCUT2D eigenvalue weighted by molar-refractivity contribution is -0.161. The first kappa shape index (κ1) is 12.9. The van der Waals surface area contributed by atoms with Gasteiger partial charge < -0.3 is 14.9 Å². The zero-order valence-electron chi connectivity index (χ0n) is 9.92. The molecule has 0 spiro atoms. The molecular formula is C12H12N2O5. The van der Waals surface area contributed by atoms with E-state index in [1.165, 1.54) is 0 Å². The lowest BCUT2D eigenvalue weighted by Gasteiger charge is -2.23. The maximum atomic E-state index is 11.3. The molecule has 1 saturated heterocycles. The number of ether oxygens (including phenoxy) is 1. The van der Waals surface area contributed by atoms with Gasteiger partial charge in [0.15, 0.2) is 5.92 Å². The van der Waals surface area contributed by atoms with Crippen LogP contribution < -0.4 is 10.8 Å². The molecule has 2 N–H and O–H groups in total. The molecule has 1 aliphatic rings. The van der Waals surface area contributed by atoms with Gasteiger partial charge in [0.25, 0.3) is 0 Å². The van der Waals surface area contributed by atoms with Gasteiger partial charge in [-0.05, 0) is 5.56 Å². The number of nitrogens with one attached hydrogen (secondary N) is 2. The molecule has 1 heterocycles. The van der Waals surface area contributed by atoms with E-state index < -0.39 is 23.9 Å². The normalized spacial score (nSPS) is 16.8. The van der Waals surface area contributed by atoms with Crippen LogP contribution in [-0.2, 0) is 25.8 Å². The van der Waals surface area contributed by atoms with Gasteiger partial charge in [-0.2, -0.15) is 0 Å². The van der Waals surface area contributed by atoms with E-state index in [2.05, 4.69) is 10.2 Å². The molecule has 2 amide bonds. The van der Waals surface area contributed by atoms with Crippen LogP contribution in [0.25, 0.3) is 0 Å². The first-order valence-corrected chi connectivity index (χ1v) is 5.62. The first-order valence-electron chi connectivity index (χ1n) is 5.62. The van der Waals surface area contributed by atoms with Crippen molar-refractivity contribution in [2.24, 2.45) is 5.92 Å². The van der Waals surface area contributed by atoms with Gasteiger partial charge in [0.1, 0.15) is 6.61 Å². The fraction of sp³-hybridized carbons (Fsp3) is 0.250. The lowest BCUT2D eigenvalue weighted by Crippen LogP contribution is -2.54. The molecule has 100 valence electrons. The number of carbonyl (C=O) groups is 3. The molecule has 1 fully saturated rings. The monoisotopic (exact) mass is 264 g/mol. The minimum Gasteiger partial charge on any atom is -0.443 e. The van der Waals surface area contributed by atoms with E-state index >= 15 is 0 Å². The minimum atomic E-state index is -0.892. The van der Waals surface area contributed by atoms with E-state index in [1.54, 1.807) is 12.1 Å². The fourth-order valence-corrected chi connectivity index (χ4v) is 1.39.